The third-order valence-corrected chi connectivity index (χ3v) is 2.82. The number of anilines is 1. The monoisotopic (exact) mass is 237 g/mol. The van der Waals surface area contributed by atoms with E-state index in [1.165, 1.54) is 0 Å². The average Bonchev–Trinajstić information content (AvgIpc) is 2.30. The van der Waals surface area contributed by atoms with Gasteiger partial charge in [-0.05, 0) is 18.6 Å². The fourth-order valence-electron chi connectivity index (χ4n) is 1.97. The van der Waals surface area contributed by atoms with Crippen LogP contribution in [-0.2, 0) is 0 Å². The lowest BCUT2D eigenvalue weighted by Gasteiger charge is -2.30. The van der Waals surface area contributed by atoms with Crippen LogP contribution in [0.2, 0.25) is 0 Å². The Morgan fingerprint density at radius 3 is 2.62 bits per heavy atom. The molecule has 2 rings (SSSR count). The van der Waals surface area contributed by atoms with Crippen molar-refractivity contribution in [1.82, 2.24) is 5.32 Å². The van der Waals surface area contributed by atoms with Gasteiger partial charge in [0, 0.05) is 26.2 Å². The topological polar surface area (TPSA) is 39.1 Å². The van der Waals surface area contributed by atoms with Crippen LogP contribution < -0.4 is 10.2 Å². The Bertz CT molecular complexity index is 392. The molecular formula is C12H16ClN3. The van der Waals surface area contributed by atoms with Gasteiger partial charge in [-0.3, -0.25) is 0 Å². The van der Waals surface area contributed by atoms with Gasteiger partial charge in [-0.25, -0.2) is 0 Å². The number of aryl methyl sites for hydroxylation is 1. The van der Waals surface area contributed by atoms with Crippen LogP contribution in [-0.4, -0.2) is 26.2 Å². The van der Waals surface area contributed by atoms with Crippen molar-refractivity contribution in [2.75, 3.05) is 31.1 Å². The molecule has 0 aliphatic carbocycles. The molecule has 0 amide bonds. The van der Waals surface area contributed by atoms with Crippen LogP contribution in [0.25, 0.3) is 0 Å². The first-order chi connectivity index (χ1) is 7.33. The van der Waals surface area contributed by atoms with Crippen molar-refractivity contribution >= 4 is 18.1 Å². The van der Waals surface area contributed by atoms with Crippen molar-refractivity contribution < 1.29 is 0 Å². The highest BCUT2D eigenvalue weighted by Crippen LogP contribution is 2.22. The minimum absolute atomic E-state index is 0. The number of benzene rings is 1. The smallest absolute Gasteiger partial charge is 0.102 e. The molecule has 1 aromatic carbocycles. The molecule has 16 heavy (non-hydrogen) atoms. The van der Waals surface area contributed by atoms with E-state index in [0.29, 0.717) is 0 Å². The summed E-state index contributed by atoms with van der Waals surface area (Å²) in [4.78, 5) is 2.28. The fourth-order valence-corrected chi connectivity index (χ4v) is 1.97. The molecule has 1 aliphatic heterocycles. The molecule has 3 nitrogen and oxygen atoms in total. The summed E-state index contributed by atoms with van der Waals surface area (Å²) in [6.07, 6.45) is 0. The number of rotatable bonds is 1. The van der Waals surface area contributed by atoms with Crippen LogP contribution in [0.1, 0.15) is 11.1 Å². The SMILES string of the molecule is Cc1cccc(N2CCNCC2)c1C#N.Cl. The number of hydrogen-bond donors (Lipinski definition) is 1. The van der Waals surface area contributed by atoms with Gasteiger partial charge in [-0.15, -0.1) is 12.4 Å². The van der Waals surface area contributed by atoms with Crippen LogP contribution in [0.4, 0.5) is 5.69 Å². The van der Waals surface area contributed by atoms with E-state index in [1.54, 1.807) is 0 Å². The minimum Gasteiger partial charge on any atom is -0.368 e. The zero-order chi connectivity index (χ0) is 10.7. The van der Waals surface area contributed by atoms with Gasteiger partial charge in [-0.1, -0.05) is 12.1 Å². The largest absolute Gasteiger partial charge is 0.368 e. The number of nitriles is 1. The maximum absolute atomic E-state index is 9.14. The molecule has 0 aromatic heterocycles. The van der Waals surface area contributed by atoms with Gasteiger partial charge in [0.15, 0.2) is 0 Å². The maximum atomic E-state index is 9.14. The standard InChI is InChI=1S/C12H15N3.ClH/c1-10-3-2-4-12(11(10)9-13)15-7-5-14-6-8-15;/h2-4,14H,5-8H2,1H3;1H. The van der Waals surface area contributed by atoms with Gasteiger partial charge in [0.25, 0.3) is 0 Å². The zero-order valence-corrected chi connectivity index (χ0v) is 10.2. The summed E-state index contributed by atoms with van der Waals surface area (Å²) in [6.45, 7) is 5.96. The summed E-state index contributed by atoms with van der Waals surface area (Å²) in [5, 5.41) is 12.4. The first kappa shape index (κ1) is 12.8. The maximum Gasteiger partial charge on any atom is 0.102 e. The second-order valence-electron chi connectivity index (χ2n) is 3.82. The third kappa shape index (κ3) is 2.46. The van der Waals surface area contributed by atoms with Gasteiger partial charge in [0.2, 0.25) is 0 Å². The van der Waals surface area contributed by atoms with Crippen molar-refractivity contribution in [1.29, 1.82) is 5.26 Å². The van der Waals surface area contributed by atoms with E-state index in [0.717, 1.165) is 43.0 Å². The summed E-state index contributed by atoms with van der Waals surface area (Å²) in [5.41, 5.74) is 2.96. The number of piperazine rings is 1. The molecule has 0 atom stereocenters. The Morgan fingerprint density at radius 1 is 1.31 bits per heavy atom. The molecule has 1 saturated heterocycles. The van der Waals surface area contributed by atoms with Crippen LogP contribution in [0.5, 0.6) is 0 Å². The minimum atomic E-state index is 0. The van der Waals surface area contributed by atoms with Gasteiger partial charge in [0.05, 0.1) is 11.3 Å². The molecule has 86 valence electrons. The molecule has 0 spiro atoms. The van der Waals surface area contributed by atoms with Gasteiger partial charge in [0.1, 0.15) is 6.07 Å². The predicted octanol–water partition coefficient (Wildman–Crippen LogP) is 1.70. The highest BCUT2D eigenvalue weighted by Gasteiger charge is 2.14. The van der Waals surface area contributed by atoms with Gasteiger partial charge >= 0.3 is 0 Å². The van der Waals surface area contributed by atoms with Crippen molar-refractivity contribution in [3.05, 3.63) is 29.3 Å². The first-order valence-electron chi connectivity index (χ1n) is 5.28. The summed E-state index contributed by atoms with van der Waals surface area (Å²) in [7, 11) is 0. The normalized spacial score (nSPS) is 15.1. The summed E-state index contributed by atoms with van der Waals surface area (Å²) in [6, 6.07) is 8.35. The number of halogens is 1. The molecule has 0 unspecified atom stereocenters. The van der Waals surface area contributed by atoms with Crippen LogP contribution >= 0.6 is 12.4 Å². The van der Waals surface area contributed by atoms with Crippen molar-refractivity contribution in [3.8, 4) is 6.07 Å². The van der Waals surface area contributed by atoms with Crippen molar-refractivity contribution in [3.63, 3.8) is 0 Å². The first-order valence-corrected chi connectivity index (χ1v) is 5.28. The molecule has 1 aromatic rings. The third-order valence-electron chi connectivity index (χ3n) is 2.82. The second-order valence-corrected chi connectivity index (χ2v) is 3.82. The molecule has 1 N–H and O–H groups in total. The van der Waals surface area contributed by atoms with E-state index >= 15 is 0 Å². The van der Waals surface area contributed by atoms with E-state index in [1.807, 2.05) is 25.1 Å². The lowest BCUT2D eigenvalue weighted by Crippen LogP contribution is -2.43. The quantitative estimate of drug-likeness (QED) is 0.808. The number of nitrogens with one attached hydrogen (secondary N) is 1. The molecule has 0 saturated carbocycles. The molecule has 1 heterocycles. The van der Waals surface area contributed by atoms with Crippen LogP contribution in [0.3, 0.4) is 0 Å². The highest BCUT2D eigenvalue weighted by atomic mass is 35.5. The molecule has 0 radical (unpaired) electrons. The zero-order valence-electron chi connectivity index (χ0n) is 9.36. The van der Waals surface area contributed by atoms with E-state index in [9.17, 15) is 0 Å². The highest BCUT2D eigenvalue weighted by molar-refractivity contribution is 5.85. The lowest BCUT2D eigenvalue weighted by molar-refractivity contribution is 0.589. The van der Waals surface area contributed by atoms with E-state index in [-0.39, 0.29) is 12.4 Å². The van der Waals surface area contributed by atoms with E-state index in [2.05, 4.69) is 16.3 Å². The lowest BCUT2D eigenvalue weighted by atomic mass is 10.1. The summed E-state index contributed by atoms with van der Waals surface area (Å²) >= 11 is 0. The summed E-state index contributed by atoms with van der Waals surface area (Å²) in [5.74, 6) is 0. The Balaban J connectivity index is 0.00000128. The molecule has 0 bridgehead atoms. The van der Waals surface area contributed by atoms with Crippen LogP contribution in [0, 0.1) is 18.3 Å². The number of hydrogen-bond acceptors (Lipinski definition) is 3. The Labute approximate surface area is 102 Å². The summed E-state index contributed by atoms with van der Waals surface area (Å²) < 4.78 is 0. The molecule has 1 aliphatic rings. The molecular weight excluding hydrogens is 222 g/mol. The van der Waals surface area contributed by atoms with Crippen LogP contribution in [0.15, 0.2) is 18.2 Å². The molecule has 1 fully saturated rings. The van der Waals surface area contributed by atoms with Crippen molar-refractivity contribution in [2.24, 2.45) is 0 Å². The Morgan fingerprint density at radius 2 is 2.00 bits per heavy atom. The molecule has 4 heteroatoms. The van der Waals surface area contributed by atoms with E-state index in [4.69, 9.17) is 5.26 Å². The fraction of sp³-hybridized carbons (Fsp3) is 0.417. The van der Waals surface area contributed by atoms with Crippen molar-refractivity contribution in [2.45, 2.75) is 6.92 Å². The average molecular weight is 238 g/mol. The number of nitrogens with zero attached hydrogens (tertiary/aromatic N) is 2. The second kappa shape index (κ2) is 5.74. The van der Waals surface area contributed by atoms with E-state index < -0.39 is 0 Å². The van der Waals surface area contributed by atoms with Gasteiger partial charge in [-0.2, -0.15) is 5.26 Å². The Hall–Kier alpha value is -1.24. The predicted molar refractivity (Wildman–Crippen MR) is 68.2 cm³/mol. The van der Waals surface area contributed by atoms with Gasteiger partial charge < -0.3 is 10.2 Å². The Kier molecular flexibility index (Phi) is 4.60.